The molecule has 1 aromatic heterocycles. The first-order valence-electron chi connectivity index (χ1n) is 11.9. The third kappa shape index (κ3) is 8.14. The molecule has 0 saturated carbocycles. The smallest absolute Gasteiger partial charge is 0.322 e. The van der Waals surface area contributed by atoms with Gasteiger partial charge >= 0.3 is 6.03 Å². The van der Waals surface area contributed by atoms with Gasteiger partial charge in [-0.2, -0.15) is 0 Å². The van der Waals surface area contributed by atoms with E-state index in [1.807, 2.05) is 53.4 Å². The number of amides is 3. The molecule has 0 aliphatic carbocycles. The Balaban J connectivity index is 1.78. The molecule has 1 N–H and O–H groups in total. The average Bonchev–Trinajstić information content (AvgIpc) is 3.28. The highest BCUT2D eigenvalue weighted by Gasteiger charge is 2.23. The SMILES string of the molecule is CC[C@H](C)CN(CC(=O)N(Cc1ccccc1)Cc1ccc(C)s1)C(=O)Nc1cccc(OC)c1. The quantitative estimate of drug-likeness (QED) is 0.347. The lowest BCUT2D eigenvalue weighted by Crippen LogP contribution is -2.45. The van der Waals surface area contributed by atoms with Crippen molar-refractivity contribution in [2.75, 3.05) is 25.5 Å². The largest absolute Gasteiger partial charge is 0.497 e. The number of benzene rings is 2. The van der Waals surface area contributed by atoms with E-state index in [4.69, 9.17) is 4.74 Å². The van der Waals surface area contributed by atoms with E-state index in [0.29, 0.717) is 31.1 Å². The summed E-state index contributed by atoms with van der Waals surface area (Å²) in [6.07, 6.45) is 0.916. The van der Waals surface area contributed by atoms with Gasteiger partial charge in [-0.3, -0.25) is 4.79 Å². The molecule has 0 aliphatic heterocycles. The molecule has 0 aliphatic rings. The number of carbonyl (C=O) groups is 2. The second kappa shape index (κ2) is 13.0. The highest BCUT2D eigenvalue weighted by molar-refractivity contribution is 7.11. The summed E-state index contributed by atoms with van der Waals surface area (Å²) >= 11 is 1.69. The second-order valence-electron chi connectivity index (χ2n) is 8.80. The molecule has 3 amide bonds. The van der Waals surface area contributed by atoms with E-state index < -0.39 is 0 Å². The summed E-state index contributed by atoms with van der Waals surface area (Å²) in [7, 11) is 1.59. The molecule has 1 atom stereocenters. The Morgan fingerprint density at radius 2 is 1.77 bits per heavy atom. The topological polar surface area (TPSA) is 61.9 Å². The molecule has 186 valence electrons. The standard InChI is InChI=1S/C28H35N3O3S/c1-5-21(2)17-31(28(33)29-24-12-9-13-25(16-24)34-4)20-27(32)30(18-23-10-7-6-8-11-23)19-26-15-14-22(3)35-26/h6-16,21H,5,17-20H2,1-4H3,(H,29,33)/t21-/m0/s1. The molecule has 3 rings (SSSR count). The summed E-state index contributed by atoms with van der Waals surface area (Å²) in [6, 6.07) is 21.0. The lowest BCUT2D eigenvalue weighted by molar-refractivity contribution is -0.133. The zero-order valence-corrected chi connectivity index (χ0v) is 21.8. The van der Waals surface area contributed by atoms with Crippen LogP contribution < -0.4 is 10.1 Å². The van der Waals surface area contributed by atoms with Crippen molar-refractivity contribution in [3.63, 3.8) is 0 Å². The zero-order valence-electron chi connectivity index (χ0n) is 21.0. The molecule has 0 bridgehead atoms. The molecule has 2 aromatic carbocycles. The van der Waals surface area contributed by atoms with E-state index in [-0.39, 0.29) is 24.4 Å². The summed E-state index contributed by atoms with van der Waals surface area (Å²) in [5, 5.41) is 2.93. The summed E-state index contributed by atoms with van der Waals surface area (Å²) in [4.78, 5) is 32.6. The van der Waals surface area contributed by atoms with Gasteiger partial charge in [-0.15, -0.1) is 11.3 Å². The Morgan fingerprint density at radius 3 is 2.43 bits per heavy atom. The maximum atomic E-state index is 13.6. The van der Waals surface area contributed by atoms with Crippen molar-refractivity contribution >= 4 is 29.0 Å². The van der Waals surface area contributed by atoms with Crippen LogP contribution in [0.1, 0.15) is 35.6 Å². The van der Waals surface area contributed by atoms with Crippen LogP contribution in [0.15, 0.2) is 66.7 Å². The average molecular weight is 494 g/mol. The van der Waals surface area contributed by atoms with Gasteiger partial charge in [-0.05, 0) is 42.7 Å². The normalized spacial score (nSPS) is 11.5. The number of nitrogens with one attached hydrogen (secondary N) is 1. The van der Waals surface area contributed by atoms with Gasteiger partial charge in [-0.25, -0.2) is 4.79 Å². The number of rotatable bonds is 11. The summed E-state index contributed by atoms with van der Waals surface area (Å²) in [5.74, 6) is 0.845. The third-order valence-corrected chi connectivity index (χ3v) is 6.86. The molecule has 0 spiro atoms. The first-order chi connectivity index (χ1) is 16.9. The summed E-state index contributed by atoms with van der Waals surface area (Å²) < 4.78 is 5.27. The van der Waals surface area contributed by atoms with Crippen LogP contribution in [0, 0.1) is 12.8 Å². The van der Waals surface area contributed by atoms with Crippen molar-refractivity contribution in [3.05, 3.63) is 82.0 Å². The Hall–Kier alpha value is -3.32. The second-order valence-corrected chi connectivity index (χ2v) is 10.2. The predicted octanol–water partition coefficient (Wildman–Crippen LogP) is 6.17. The number of thiophene rings is 1. The van der Waals surface area contributed by atoms with Crippen LogP contribution in [0.2, 0.25) is 0 Å². The molecule has 3 aromatic rings. The van der Waals surface area contributed by atoms with Crippen LogP contribution in [-0.2, 0) is 17.9 Å². The Bertz CT molecular complexity index is 1100. The summed E-state index contributed by atoms with van der Waals surface area (Å²) in [6.45, 7) is 7.76. The monoisotopic (exact) mass is 493 g/mol. The van der Waals surface area contributed by atoms with Crippen molar-refractivity contribution in [2.45, 2.75) is 40.3 Å². The number of aryl methyl sites for hydroxylation is 1. The molecule has 35 heavy (non-hydrogen) atoms. The first kappa shape index (κ1) is 26.3. The molecular formula is C28H35N3O3S. The number of carbonyl (C=O) groups excluding carboxylic acids is 2. The fraction of sp³-hybridized carbons (Fsp3) is 0.357. The van der Waals surface area contributed by atoms with Crippen molar-refractivity contribution in [2.24, 2.45) is 5.92 Å². The minimum Gasteiger partial charge on any atom is -0.497 e. The van der Waals surface area contributed by atoms with Gasteiger partial charge in [0.15, 0.2) is 0 Å². The molecule has 7 heteroatoms. The number of anilines is 1. The molecule has 0 unspecified atom stereocenters. The van der Waals surface area contributed by atoms with Crippen LogP contribution >= 0.6 is 11.3 Å². The van der Waals surface area contributed by atoms with E-state index in [2.05, 4.69) is 38.2 Å². The van der Waals surface area contributed by atoms with Gasteiger partial charge in [0.05, 0.1) is 13.7 Å². The molecular weight excluding hydrogens is 458 g/mol. The van der Waals surface area contributed by atoms with Crippen LogP contribution in [0.4, 0.5) is 10.5 Å². The van der Waals surface area contributed by atoms with E-state index in [1.165, 1.54) is 4.88 Å². The van der Waals surface area contributed by atoms with Crippen LogP contribution in [-0.4, -0.2) is 41.9 Å². The molecule has 0 saturated heterocycles. The summed E-state index contributed by atoms with van der Waals surface area (Å²) in [5.41, 5.74) is 1.69. The van der Waals surface area contributed by atoms with Crippen molar-refractivity contribution in [3.8, 4) is 5.75 Å². The minimum absolute atomic E-state index is 0.0112. The Kier molecular flexibility index (Phi) is 9.73. The maximum absolute atomic E-state index is 13.6. The van der Waals surface area contributed by atoms with Crippen LogP contribution in [0.5, 0.6) is 5.75 Å². The number of methoxy groups -OCH3 is 1. The van der Waals surface area contributed by atoms with Crippen molar-refractivity contribution in [1.29, 1.82) is 0 Å². The van der Waals surface area contributed by atoms with Gasteiger partial charge in [0, 0.05) is 34.6 Å². The van der Waals surface area contributed by atoms with Crippen molar-refractivity contribution in [1.82, 2.24) is 9.80 Å². The molecule has 6 nitrogen and oxygen atoms in total. The van der Waals surface area contributed by atoms with Gasteiger partial charge < -0.3 is 19.9 Å². The first-order valence-corrected chi connectivity index (χ1v) is 12.8. The maximum Gasteiger partial charge on any atom is 0.322 e. The fourth-order valence-electron chi connectivity index (χ4n) is 3.69. The van der Waals surface area contributed by atoms with Crippen LogP contribution in [0.25, 0.3) is 0 Å². The van der Waals surface area contributed by atoms with E-state index >= 15 is 0 Å². The Labute approximate surface area is 212 Å². The molecule has 0 fully saturated rings. The highest BCUT2D eigenvalue weighted by Crippen LogP contribution is 2.20. The van der Waals surface area contributed by atoms with Crippen LogP contribution in [0.3, 0.4) is 0 Å². The highest BCUT2D eigenvalue weighted by atomic mass is 32.1. The van der Waals surface area contributed by atoms with Gasteiger partial charge in [0.2, 0.25) is 5.91 Å². The number of urea groups is 1. The van der Waals surface area contributed by atoms with Crippen molar-refractivity contribution < 1.29 is 14.3 Å². The Morgan fingerprint density at radius 1 is 1.00 bits per heavy atom. The van der Waals surface area contributed by atoms with E-state index in [1.54, 1.807) is 29.4 Å². The molecule has 1 heterocycles. The number of nitrogens with zero attached hydrogens (tertiary/aromatic N) is 2. The minimum atomic E-state index is -0.293. The van der Waals surface area contributed by atoms with Gasteiger partial charge in [0.1, 0.15) is 12.3 Å². The fourth-order valence-corrected chi connectivity index (χ4v) is 4.59. The lowest BCUT2D eigenvalue weighted by atomic mass is 10.1. The molecule has 0 radical (unpaired) electrons. The number of hydrogen-bond donors (Lipinski definition) is 1. The van der Waals surface area contributed by atoms with E-state index in [9.17, 15) is 9.59 Å². The van der Waals surface area contributed by atoms with Gasteiger partial charge in [0.25, 0.3) is 0 Å². The number of ether oxygens (including phenoxy) is 1. The van der Waals surface area contributed by atoms with E-state index in [0.717, 1.165) is 16.9 Å². The number of hydrogen-bond acceptors (Lipinski definition) is 4. The third-order valence-electron chi connectivity index (χ3n) is 5.88. The predicted molar refractivity (Wildman–Crippen MR) is 143 cm³/mol. The zero-order chi connectivity index (χ0) is 25.2. The lowest BCUT2D eigenvalue weighted by Gasteiger charge is -2.29. The van der Waals surface area contributed by atoms with Gasteiger partial charge in [-0.1, -0.05) is 56.7 Å².